The molecule has 18 heavy (non-hydrogen) atoms. The van der Waals surface area contributed by atoms with E-state index in [1.807, 2.05) is 0 Å². The molecule has 0 saturated heterocycles. The van der Waals surface area contributed by atoms with E-state index in [2.05, 4.69) is 4.89 Å². The predicted octanol–water partition coefficient (Wildman–Crippen LogP) is 2.62. The fraction of sp³-hybridized carbons (Fsp3) is 0.364. The Bertz CT molecular complexity index is 481. The Kier molecular flexibility index (Phi) is 3.97. The molecule has 0 fully saturated rings. The first-order chi connectivity index (χ1) is 8.20. The van der Waals surface area contributed by atoms with E-state index in [-0.39, 0.29) is 5.56 Å². The summed E-state index contributed by atoms with van der Waals surface area (Å²) in [5.74, 6) is -1.85. The summed E-state index contributed by atoms with van der Waals surface area (Å²) in [7, 11) is 0. The number of nitro benzene ring substituents is 1. The van der Waals surface area contributed by atoms with Crippen LogP contribution in [0.1, 0.15) is 31.1 Å². The first kappa shape index (κ1) is 14.0. The standard InChI is InChI=1S/C11H12FNO5/c1-11(2,3)18-17-10(14)8-5-4-7(12)6-9(8)13(15)16/h4-6H,1-3H3. The molecule has 0 spiro atoms. The van der Waals surface area contributed by atoms with E-state index in [0.29, 0.717) is 6.07 Å². The highest BCUT2D eigenvalue weighted by atomic mass is 19.1. The monoisotopic (exact) mass is 257 g/mol. The van der Waals surface area contributed by atoms with Gasteiger partial charge in [0.25, 0.3) is 5.69 Å². The molecule has 0 saturated carbocycles. The molecule has 0 amide bonds. The maximum Gasteiger partial charge on any atom is 0.380 e. The SMILES string of the molecule is CC(C)(C)OOC(=O)c1ccc(F)cc1[N+](=O)[O-]. The number of benzene rings is 1. The van der Waals surface area contributed by atoms with Crippen LogP contribution in [0.2, 0.25) is 0 Å². The topological polar surface area (TPSA) is 78.7 Å². The molecule has 0 aliphatic heterocycles. The number of hydrogen-bond acceptors (Lipinski definition) is 5. The van der Waals surface area contributed by atoms with E-state index in [0.717, 1.165) is 12.1 Å². The summed E-state index contributed by atoms with van der Waals surface area (Å²) in [5, 5.41) is 10.7. The van der Waals surface area contributed by atoms with Crippen LogP contribution in [0, 0.1) is 15.9 Å². The van der Waals surface area contributed by atoms with Gasteiger partial charge in [0.1, 0.15) is 17.0 Å². The van der Waals surface area contributed by atoms with E-state index >= 15 is 0 Å². The van der Waals surface area contributed by atoms with E-state index in [1.165, 1.54) is 0 Å². The lowest BCUT2D eigenvalue weighted by Gasteiger charge is -2.16. The van der Waals surface area contributed by atoms with Crippen LogP contribution < -0.4 is 0 Å². The number of halogens is 1. The van der Waals surface area contributed by atoms with Crippen LogP contribution in [0.5, 0.6) is 0 Å². The molecule has 0 atom stereocenters. The second-order valence-electron chi connectivity index (χ2n) is 4.49. The lowest BCUT2D eigenvalue weighted by molar-refractivity contribution is -0.385. The molecule has 0 N–H and O–H groups in total. The van der Waals surface area contributed by atoms with Crippen molar-refractivity contribution < 1.29 is 23.9 Å². The van der Waals surface area contributed by atoms with Gasteiger partial charge in [-0.1, -0.05) is 0 Å². The van der Waals surface area contributed by atoms with E-state index < -0.39 is 28.0 Å². The second kappa shape index (κ2) is 5.09. The van der Waals surface area contributed by atoms with Gasteiger partial charge in [-0.3, -0.25) is 15.0 Å². The van der Waals surface area contributed by atoms with Crippen molar-refractivity contribution in [3.8, 4) is 0 Å². The molecule has 0 aliphatic rings. The average molecular weight is 257 g/mol. The van der Waals surface area contributed by atoms with Crippen molar-refractivity contribution in [2.75, 3.05) is 0 Å². The minimum absolute atomic E-state index is 0.370. The third-order valence-electron chi connectivity index (χ3n) is 1.74. The van der Waals surface area contributed by atoms with Crippen molar-refractivity contribution in [2.24, 2.45) is 0 Å². The molecule has 1 aromatic rings. The number of rotatable bonds is 3. The summed E-state index contributed by atoms with van der Waals surface area (Å²) in [6, 6.07) is 2.55. The molecule has 1 aromatic carbocycles. The fourth-order valence-electron chi connectivity index (χ4n) is 1.04. The van der Waals surface area contributed by atoms with Crippen LogP contribution in [0.15, 0.2) is 18.2 Å². The Morgan fingerprint density at radius 1 is 1.39 bits per heavy atom. The molecule has 1 rings (SSSR count). The zero-order chi connectivity index (χ0) is 13.9. The maximum absolute atomic E-state index is 12.9. The van der Waals surface area contributed by atoms with Crippen molar-refractivity contribution in [3.63, 3.8) is 0 Å². The van der Waals surface area contributed by atoms with Gasteiger partial charge in [-0.15, -0.1) is 0 Å². The van der Waals surface area contributed by atoms with Gasteiger partial charge in [-0.2, -0.15) is 4.89 Å². The minimum Gasteiger partial charge on any atom is -0.292 e. The second-order valence-corrected chi connectivity index (χ2v) is 4.49. The van der Waals surface area contributed by atoms with E-state index in [4.69, 9.17) is 4.89 Å². The van der Waals surface area contributed by atoms with Crippen LogP contribution in [0.3, 0.4) is 0 Å². The Labute approximate surface area is 102 Å². The summed E-state index contributed by atoms with van der Waals surface area (Å²) in [6.45, 7) is 4.91. The van der Waals surface area contributed by atoms with Gasteiger partial charge in [0.05, 0.1) is 11.0 Å². The number of carbonyl (C=O) groups is 1. The van der Waals surface area contributed by atoms with Crippen LogP contribution in [0.25, 0.3) is 0 Å². The molecule has 0 heterocycles. The zero-order valence-electron chi connectivity index (χ0n) is 10.1. The van der Waals surface area contributed by atoms with Crippen molar-refractivity contribution in [2.45, 2.75) is 26.4 Å². The van der Waals surface area contributed by atoms with Gasteiger partial charge >= 0.3 is 5.97 Å². The highest BCUT2D eigenvalue weighted by Crippen LogP contribution is 2.21. The predicted molar refractivity (Wildman–Crippen MR) is 59.3 cm³/mol. The summed E-state index contributed by atoms with van der Waals surface area (Å²) in [5.41, 5.74) is -1.78. The molecule has 0 radical (unpaired) electrons. The zero-order valence-corrected chi connectivity index (χ0v) is 10.1. The highest BCUT2D eigenvalue weighted by Gasteiger charge is 2.24. The molecule has 6 nitrogen and oxygen atoms in total. The van der Waals surface area contributed by atoms with Crippen LogP contribution >= 0.6 is 0 Å². The lowest BCUT2D eigenvalue weighted by Crippen LogP contribution is -2.22. The number of nitro groups is 1. The van der Waals surface area contributed by atoms with E-state index in [1.54, 1.807) is 20.8 Å². The largest absolute Gasteiger partial charge is 0.380 e. The molecule has 0 aliphatic carbocycles. The van der Waals surface area contributed by atoms with Crippen LogP contribution in [0.4, 0.5) is 10.1 Å². The van der Waals surface area contributed by atoms with Gasteiger partial charge in [-0.25, -0.2) is 9.18 Å². The van der Waals surface area contributed by atoms with Crippen LogP contribution in [-0.2, 0) is 9.78 Å². The Balaban J connectivity index is 2.95. The first-order valence-corrected chi connectivity index (χ1v) is 5.04. The summed E-state index contributed by atoms with van der Waals surface area (Å²) in [6.07, 6.45) is 0. The molecular weight excluding hydrogens is 245 g/mol. The Morgan fingerprint density at radius 3 is 2.50 bits per heavy atom. The smallest absolute Gasteiger partial charge is 0.292 e. The van der Waals surface area contributed by atoms with Gasteiger partial charge in [0.2, 0.25) is 0 Å². The number of nitrogens with zero attached hydrogens (tertiary/aromatic N) is 1. The molecule has 98 valence electrons. The minimum atomic E-state index is -1.04. The average Bonchev–Trinajstić information content (AvgIpc) is 2.24. The summed E-state index contributed by atoms with van der Waals surface area (Å²) < 4.78 is 12.9. The van der Waals surface area contributed by atoms with Crippen molar-refractivity contribution in [1.29, 1.82) is 0 Å². The Hall–Kier alpha value is -2.02. The first-order valence-electron chi connectivity index (χ1n) is 5.04. The van der Waals surface area contributed by atoms with Gasteiger partial charge in [0.15, 0.2) is 0 Å². The highest BCUT2D eigenvalue weighted by molar-refractivity contribution is 5.93. The van der Waals surface area contributed by atoms with Gasteiger partial charge in [0, 0.05) is 0 Å². The lowest BCUT2D eigenvalue weighted by atomic mass is 10.2. The summed E-state index contributed by atoms with van der Waals surface area (Å²) in [4.78, 5) is 30.6. The summed E-state index contributed by atoms with van der Waals surface area (Å²) >= 11 is 0. The van der Waals surface area contributed by atoms with Crippen LogP contribution in [-0.4, -0.2) is 16.5 Å². The Morgan fingerprint density at radius 2 is 2.00 bits per heavy atom. The molecule has 0 bridgehead atoms. The number of hydrogen-bond donors (Lipinski definition) is 0. The van der Waals surface area contributed by atoms with Gasteiger partial charge < -0.3 is 0 Å². The van der Waals surface area contributed by atoms with Gasteiger partial charge in [-0.05, 0) is 32.9 Å². The van der Waals surface area contributed by atoms with Crippen molar-refractivity contribution in [3.05, 3.63) is 39.7 Å². The van der Waals surface area contributed by atoms with Crippen molar-refractivity contribution in [1.82, 2.24) is 0 Å². The normalized spacial score (nSPS) is 11.1. The third kappa shape index (κ3) is 3.77. The quantitative estimate of drug-likeness (QED) is 0.472. The molecule has 0 unspecified atom stereocenters. The molecule has 0 aromatic heterocycles. The maximum atomic E-state index is 12.9. The number of carbonyl (C=O) groups excluding carboxylic acids is 1. The molecule has 7 heteroatoms. The van der Waals surface area contributed by atoms with Crippen molar-refractivity contribution >= 4 is 11.7 Å². The third-order valence-corrected chi connectivity index (χ3v) is 1.74. The fourth-order valence-corrected chi connectivity index (χ4v) is 1.04. The molecular formula is C11H12FNO5. The van der Waals surface area contributed by atoms with E-state index in [9.17, 15) is 19.3 Å².